The summed E-state index contributed by atoms with van der Waals surface area (Å²) < 4.78 is 0. The van der Waals surface area contributed by atoms with Gasteiger partial charge in [-0.2, -0.15) is 11.8 Å². The second-order valence-corrected chi connectivity index (χ2v) is 6.66. The largest absolute Gasteiger partial charge is 0.356 e. The molecule has 0 aromatic heterocycles. The summed E-state index contributed by atoms with van der Waals surface area (Å²) in [6.07, 6.45) is 7.39. The van der Waals surface area contributed by atoms with Gasteiger partial charge in [-0.3, -0.25) is 4.99 Å². The SMILES string of the molecule is CN=C(NCCCCSC)NCCN1CCCC(C)C1. The normalized spacial score (nSPS) is 20.9. The highest BCUT2D eigenvalue weighted by Crippen LogP contribution is 2.14. The van der Waals surface area contributed by atoms with E-state index in [-0.39, 0.29) is 0 Å². The summed E-state index contributed by atoms with van der Waals surface area (Å²) in [6, 6.07) is 0. The number of nitrogens with zero attached hydrogens (tertiary/aromatic N) is 2. The minimum Gasteiger partial charge on any atom is -0.356 e. The van der Waals surface area contributed by atoms with Gasteiger partial charge in [-0.15, -0.1) is 0 Å². The van der Waals surface area contributed by atoms with E-state index in [0.717, 1.165) is 31.5 Å². The third-order valence-corrected chi connectivity index (χ3v) is 4.45. The summed E-state index contributed by atoms with van der Waals surface area (Å²) in [5, 5.41) is 6.80. The van der Waals surface area contributed by atoms with Gasteiger partial charge in [0.05, 0.1) is 0 Å². The van der Waals surface area contributed by atoms with Crippen LogP contribution in [0, 0.1) is 5.92 Å². The number of rotatable bonds is 8. The fourth-order valence-corrected chi connectivity index (χ4v) is 3.11. The molecule has 1 aliphatic rings. The van der Waals surface area contributed by atoms with Gasteiger partial charge < -0.3 is 15.5 Å². The summed E-state index contributed by atoms with van der Waals surface area (Å²) in [7, 11) is 1.85. The molecule has 1 fully saturated rings. The molecule has 1 heterocycles. The molecule has 2 N–H and O–H groups in total. The summed E-state index contributed by atoms with van der Waals surface area (Å²) in [5.41, 5.74) is 0. The van der Waals surface area contributed by atoms with Gasteiger partial charge in [0.2, 0.25) is 0 Å². The van der Waals surface area contributed by atoms with E-state index in [4.69, 9.17) is 0 Å². The lowest BCUT2D eigenvalue weighted by atomic mass is 10.0. The van der Waals surface area contributed by atoms with E-state index in [1.165, 1.54) is 44.5 Å². The Bertz CT molecular complexity index is 271. The number of nitrogens with one attached hydrogen (secondary N) is 2. The second-order valence-electron chi connectivity index (χ2n) is 5.67. The topological polar surface area (TPSA) is 39.7 Å². The van der Waals surface area contributed by atoms with Gasteiger partial charge in [-0.25, -0.2) is 0 Å². The fourth-order valence-electron chi connectivity index (χ4n) is 2.62. The van der Waals surface area contributed by atoms with Gasteiger partial charge >= 0.3 is 0 Å². The molecule has 1 rings (SSSR count). The quantitative estimate of drug-likeness (QED) is 0.409. The van der Waals surface area contributed by atoms with E-state index < -0.39 is 0 Å². The monoisotopic (exact) mass is 300 g/mol. The van der Waals surface area contributed by atoms with Gasteiger partial charge in [-0.05, 0) is 50.2 Å². The van der Waals surface area contributed by atoms with Crippen molar-refractivity contribution in [3.05, 3.63) is 0 Å². The lowest BCUT2D eigenvalue weighted by Gasteiger charge is -2.30. The summed E-state index contributed by atoms with van der Waals surface area (Å²) >= 11 is 1.92. The zero-order valence-electron chi connectivity index (χ0n) is 13.5. The highest BCUT2D eigenvalue weighted by molar-refractivity contribution is 7.98. The van der Waals surface area contributed by atoms with Crippen molar-refractivity contribution in [3.8, 4) is 0 Å². The van der Waals surface area contributed by atoms with Crippen LogP contribution in [0.2, 0.25) is 0 Å². The number of guanidine groups is 1. The van der Waals surface area contributed by atoms with E-state index in [2.05, 4.69) is 33.7 Å². The third-order valence-electron chi connectivity index (χ3n) is 3.75. The molecule has 0 aromatic carbocycles. The van der Waals surface area contributed by atoms with Crippen molar-refractivity contribution in [1.82, 2.24) is 15.5 Å². The van der Waals surface area contributed by atoms with Crippen LogP contribution in [0.1, 0.15) is 32.6 Å². The average Bonchev–Trinajstić information content (AvgIpc) is 2.45. The molecule has 1 aliphatic heterocycles. The van der Waals surface area contributed by atoms with Crippen LogP contribution < -0.4 is 10.6 Å². The maximum absolute atomic E-state index is 4.27. The van der Waals surface area contributed by atoms with Crippen LogP contribution in [-0.4, -0.2) is 62.6 Å². The van der Waals surface area contributed by atoms with Gasteiger partial charge in [0, 0.05) is 33.2 Å². The maximum atomic E-state index is 4.27. The van der Waals surface area contributed by atoms with E-state index in [0.29, 0.717) is 0 Å². The predicted molar refractivity (Wildman–Crippen MR) is 91.8 cm³/mol. The molecule has 0 aromatic rings. The first-order valence-electron chi connectivity index (χ1n) is 7.92. The number of unbranched alkanes of at least 4 members (excludes halogenated alkanes) is 1. The van der Waals surface area contributed by atoms with Gasteiger partial charge in [0.25, 0.3) is 0 Å². The molecule has 4 nitrogen and oxygen atoms in total. The van der Waals surface area contributed by atoms with Crippen molar-refractivity contribution in [1.29, 1.82) is 0 Å². The molecule has 1 unspecified atom stereocenters. The van der Waals surface area contributed by atoms with Crippen LogP contribution in [-0.2, 0) is 0 Å². The van der Waals surface area contributed by atoms with Crippen molar-refractivity contribution in [2.24, 2.45) is 10.9 Å². The number of likely N-dealkylation sites (tertiary alicyclic amines) is 1. The van der Waals surface area contributed by atoms with Crippen molar-refractivity contribution in [3.63, 3.8) is 0 Å². The molecule has 0 aliphatic carbocycles. The van der Waals surface area contributed by atoms with Crippen molar-refractivity contribution < 1.29 is 0 Å². The number of piperidine rings is 1. The summed E-state index contributed by atoms with van der Waals surface area (Å²) in [5.74, 6) is 3.05. The summed E-state index contributed by atoms with van der Waals surface area (Å²) in [6.45, 7) is 7.99. The van der Waals surface area contributed by atoms with Crippen molar-refractivity contribution >= 4 is 17.7 Å². The number of hydrogen-bond donors (Lipinski definition) is 2. The minimum atomic E-state index is 0.859. The fraction of sp³-hybridized carbons (Fsp3) is 0.933. The minimum absolute atomic E-state index is 0.859. The number of hydrogen-bond acceptors (Lipinski definition) is 3. The smallest absolute Gasteiger partial charge is 0.191 e. The zero-order chi connectivity index (χ0) is 14.6. The Morgan fingerprint density at radius 3 is 2.80 bits per heavy atom. The standard InChI is InChI=1S/C15H32N4S/c1-14-7-6-10-19(13-14)11-9-18-15(16-2)17-8-4-5-12-20-3/h14H,4-13H2,1-3H3,(H2,16,17,18). The lowest BCUT2D eigenvalue weighted by Crippen LogP contribution is -2.43. The summed E-state index contributed by atoms with van der Waals surface area (Å²) in [4.78, 5) is 6.84. The highest BCUT2D eigenvalue weighted by atomic mass is 32.2. The Kier molecular flexibility index (Phi) is 9.93. The molecule has 20 heavy (non-hydrogen) atoms. The van der Waals surface area contributed by atoms with E-state index in [1.54, 1.807) is 0 Å². The van der Waals surface area contributed by atoms with Crippen molar-refractivity contribution in [2.45, 2.75) is 32.6 Å². The Hall–Kier alpha value is -0.420. The molecule has 0 saturated carbocycles. The number of aliphatic imine (C=N–C) groups is 1. The van der Waals surface area contributed by atoms with Crippen LogP contribution in [0.4, 0.5) is 0 Å². The van der Waals surface area contributed by atoms with Crippen LogP contribution in [0.3, 0.4) is 0 Å². The first kappa shape index (κ1) is 17.6. The molecule has 0 spiro atoms. The molecule has 0 radical (unpaired) electrons. The maximum Gasteiger partial charge on any atom is 0.191 e. The van der Waals surface area contributed by atoms with Crippen LogP contribution in [0.15, 0.2) is 4.99 Å². The van der Waals surface area contributed by atoms with E-state index in [9.17, 15) is 0 Å². The van der Waals surface area contributed by atoms with Gasteiger partial charge in [0.15, 0.2) is 5.96 Å². The molecule has 0 bridgehead atoms. The Balaban J connectivity index is 2.06. The van der Waals surface area contributed by atoms with E-state index >= 15 is 0 Å². The molecule has 118 valence electrons. The zero-order valence-corrected chi connectivity index (χ0v) is 14.3. The van der Waals surface area contributed by atoms with Crippen molar-refractivity contribution in [2.75, 3.05) is 51.8 Å². The van der Waals surface area contributed by atoms with Crippen LogP contribution >= 0.6 is 11.8 Å². The average molecular weight is 301 g/mol. The Morgan fingerprint density at radius 1 is 1.30 bits per heavy atom. The molecule has 1 atom stereocenters. The van der Waals surface area contributed by atoms with Crippen LogP contribution in [0.5, 0.6) is 0 Å². The van der Waals surface area contributed by atoms with Crippen LogP contribution in [0.25, 0.3) is 0 Å². The lowest BCUT2D eigenvalue weighted by molar-refractivity contribution is 0.187. The molecular weight excluding hydrogens is 268 g/mol. The number of thioether (sulfide) groups is 1. The molecule has 1 saturated heterocycles. The molecule has 0 amide bonds. The Labute approximate surface area is 129 Å². The first-order valence-corrected chi connectivity index (χ1v) is 9.31. The molecule has 5 heteroatoms. The van der Waals surface area contributed by atoms with Gasteiger partial charge in [0.1, 0.15) is 0 Å². The first-order chi connectivity index (χ1) is 9.76. The third kappa shape index (κ3) is 8.00. The van der Waals surface area contributed by atoms with E-state index in [1.807, 2.05) is 18.8 Å². The second kappa shape index (κ2) is 11.3. The molecular formula is C15H32N4S. The Morgan fingerprint density at radius 2 is 2.10 bits per heavy atom. The highest BCUT2D eigenvalue weighted by Gasteiger charge is 2.15. The predicted octanol–water partition coefficient (Wildman–Crippen LogP) is 2.03. The van der Waals surface area contributed by atoms with Gasteiger partial charge in [-0.1, -0.05) is 6.92 Å².